The van der Waals surface area contributed by atoms with Gasteiger partial charge in [-0.3, -0.25) is 9.78 Å². The van der Waals surface area contributed by atoms with Crippen molar-refractivity contribution in [2.75, 3.05) is 4.90 Å². The topological polar surface area (TPSA) is 33.2 Å². The number of hydrogen-bond donors (Lipinski definition) is 0. The summed E-state index contributed by atoms with van der Waals surface area (Å²) >= 11 is 0. The highest BCUT2D eigenvalue weighted by Crippen LogP contribution is 2.33. The van der Waals surface area contributed by atoms with Crippen LogP contribution in [0.3, 0.4) is 0 Å². The standard InChI is InChI=1S/C16H16N2O/c1-11-10-13-6-3-4-8-15(13)18(11)16(19)14-7-5-9-17-12(14)2/h3-9,11H,10H2,1-2H3. The quantitative estimate of drug-likeness (QED) is 0.781. The van der Waals surface area contributed by atoms with Crippen LogP contribution in [0.2, 0.25) is 0 Å². The van der Waals surface area contributed by atoms with Gasteiger partial charge in [0.1, 0.15) is 0 Å². The Balaban J connectivity index is 2.03. The fourth-order valence-electron chi connectivity index (χ4n) is 2.72. The van der Waals surface area contributed by atoms with Crippen LogP contribution in [0.25, 0.3) is 0 Å². The molecule has 1 aromatic carbocycles. The molecule has 0 fully saturated rings. The average Bonchev–Trinajstić information content (AvgIpc) is 2.74. The van der Waals surface area contributed by atoms with Gasteiger partial charge in [0.15, 0.2) is 0 Å². The Morgan fingerprint density at radius 2 is 2.05 bits per heavy atom. The molecule has 2 heterocycles. The van der Waals surface area contributed by atoms with E-state index < -0.39 is 0 Å². The number of anilines is 1. The second-order valence-corrected chi connectivity index (χ2v) is 4.99. The molecule has 0 spiro atoms. The van der Waals surface area contributed by atoms with Gasteiger partial charge in [0.05, 0.1) is 5.56 Å². The third-order valence-electron chi connectivity index (χ3n) is 3.66. The Morgan fingerprint density at radius 1 is 1.26 bits per heavy atom. The van der Waals surface area contributed by atoms with Crippen LogP contribution < -0.4 is 4.90 Å². The monoisotopic (exact) mass is 252 g/mol. The maximum Gasteiger partial charge on any atom is 0.260 e. The Hall–Kier alpha value is -2.16. The van der Waals surface area contributed by atoms with Crippen molar-refractivity contribution in [2.24, 2.45) is 0 Å². The molecule has 3 nitrogen and oxygen atoms in total. The first-order chi connectivity index (χ1) is 9.18. The van der Waals surface area contributed by atoms with E-state index in [1.54, 1.807) is 6.20 Å². The number of pyridine rings is 1. The van der Waals surface area contributed by atoms with Crippen LogP contribution >= 0.6 is 0 Å². The maximum absolute atomic E-state index is 12.7. The number of benzene rings is 1. The van der Waals surface area contributed by atoms with E-state index >= 15 is 0 Å². The number of nitrogens with zero attached hydrogens (tertiary/aromatic N) is 2. The highest BCUT2D eigenvalue weighted by molar-refractivity contribution is 6.08. The Labute approximate surface area is 112 Å². The fourth-order valence-corrected chi connectivity index (χ4v) is 2.72. The zero-order valence-electron chi connectivity index (χ0n) is 11.1. The van der Waals surface area contributed by atoms with Gasteiger partial charge in [0, 0.05) is 23.6 Å². The molecule has 3 rings (SSSR count). The Kier molecular flexibility index (Phi) is 2.82. The molecule has 1 atom stereocenters. The van der Waals surface area contributed by atoms with Crippen molar-refractivity contribution in [3.05, 3.63) is 59.4 Å². The van der Waals surface area contributed by atoms with Gasteiger partial charge < -0.3 is 4.90 Å². The van der Waals surface area contributed by atoms with Crippen LogP contribution in [0.4, 0.5) is 5.69 Å². The van der Waals surface area contributed by atoms with Crippen LogP contribution in [0.1, 0.15) is 28.5 Å². The fraction of sp³-hybridized carbons (Fsp3) is 0.250. The molecule has 0 radical (unpaired) electrons. The molecule has 96 valence electrons. The van der Waals surface area contributed by atoms with Crippen molar-refractivity contribution >= 4 is 11.6 Å². The third-order valence-corrected chi connectivity index (χ3v) is 3.66. The minimum atomic E-state index is 0.0445. The van der Waals surface area contributed by atoms with E-state index in [2.05, 4.69) is 18.0 Å². The summed E-state index contributed by atoms with van der Waals surface area (Å²) in [6, 6.07) is 12.0. The molecule has 1 aliphatic heterocycles. The molecule has 0 aliphatic carbocycles. The Morgan fingerprint density at radius 3 is 2.84 bits per heavy atom. The maximum atomic E-state index is 12.7. The molecule has 0 N–H and O–H groups in total. The number of carbonyl (C=O) groups is 1. The molecule has 19 heavy (non-hydrogen) atoms. The third kappa shape index (κ3) is 1.91. The first-order valence-electron chi connectivity index (χ1n) is 6.51. The minimum absolute atomic E-state index is 0.0445. The summed E-state index contributed by atoms with van der Waals surface area (Å²) in [5, 5.41) is 0. The van der Waals surface area contributed by atoms with E-state index in [0.717, 1.165) is 17.8 Å². The highest BCUT2D eigenvalue weighted by Gasteiger charge is 2.31. The molecular formula is C16H16N2O. The van der Waals surface area contributed by atoms with E-state index in [-0.39, 0.29) is 11.9 Å². The zero-order chi connectivity index (χ0) is 13.4. The first kappa shape index (κ1) is 11.9. The number of rotatable bonds is 1. The zero-order valence-corrected chi connectivity index (χ0v) is 11.1. The summed E-state index contributed by atoms with van der Waals surface area (Å²) in [5.41, 5.74) is 3.74. The van der Waals surface area contributed by atoms with Gasteiger partial charge in [-0.15, -0.1) is 0 Å². The van der Waals surface area contributed by atoms with Crippen molar-refractivity contribution < 1.29 is 4.79 Å². The van der Waals surface area contributed by atoms with Gasteiger partial charge in [0.25, 0.3) is 5.91 Å². The first-order valence-corrected chi connectivity index (χ1v) is 6.51. The number of para-hydroxylation sites is 1. The van der Waals surface area contributed by atoms with Crippen LogP contribution in [0.5, 0.6) is 0 Å². The largest absolute Gasteiger partial charge is 0.305 e. The van der Waals surface area contributed by atoms with E-state index in [0.29, 0.717) is 5.56 Å². The molecule has 3 heteroatoms. The van der Waals surface area contributed by atoms with Crippen LogP contribution in [0, 0.1) is 6.92 Å². The van der Waals surface area contributed by atoms with E-state index in [1.165, 1.54) is 5.56 Å². The van der Waals surface area contributed by atoms with E-state index in [4.69, 9.17) is 0 Å². The summed E-state index contributed by atoms with van der Waals surface area (Å²) in [6.45, 7) is 3.96. The summed E-state index contributed by atoms with van der Waals surface area (Å²) in [6.07, 6.45) is 2.63. The van der Waals surface area contributed by atoms with Crippen molar-refractivity contribution in [3.63, 3.8) is 0 Å². The lowest BCUT2D eigenvalue weighted by molar-refractivity contribution is 0.0980. The normalized spacial score (nSPS) is 17.4. The number of hydrogen-bond acceptors (Lipinski definition) is 2. The molecule has 0 saturated heterocycles. The van der Waals surface area contributed by atoms with Crippen LogP contribution in [-0.2, 0) is 6.42 Å². The lowest BCUT2D eigenvalue weighted by Crippen LogP contribution is -2.36. The molecular weight excluding hydrogens is 236 g/mol. The molecule has 0 saturated carbocycles. The molecule has 1 aliphatic rings. The van der Waals surface area contributed by atoms with Gasteiger partial charge in [-0.1, -0.05) is 18.2 Å². The lowest BCUT2D eigenvalue weighted by atomic mass is 10.1. The lowest BCUT2D eigenvalue weighted by Gasteiger charge is -2.23. The molecule has 1 unspecified atom stereocenters. The SMILES string of the molecule is Cc1ncccc1C(=O)N1c2ccccc2CC1C. The highest BCUT2D eigenvalue weighted by atomic mass is 16.2. The second kappa shape index (κ2) is 4.50. The van der Waals surface area contributed by atoms with E-state index in [1.807, 2.05) is 42.2 Å². The van der Waals surface area contributed by atoms with Gasteiger partial charge in [-0.2, -0.15) is 0 Å². The number of aromatic nitrogens is 1. The van der Waals surface area contributed by atoms with Crippen LogP contribution in [0.15, 0.2) is 42.6 Å². The molecule has 2 aromatic rings. The van der Waals surface area contributed by atoms with Crippen LogP contribution in [-0.4, -0.2) is 16.9 Å². The summed E-state index contributed by atoms with van der Waals surface area (Å²) in [4.78, 5) is 18.8. The molecule has 1 amide bonds. The van der Waals surface area contributed by atoms with Gasteiger partial charge >= 0.3 is 0 Å². The van der Waals surface area contributed by atoms with Crippen molar-refractivity contribution in [3.8, 4) is 0 Å². The summed E-state index contributed by atoms with van der Waals surface area (Å²) in [5.74, 6) is 0.0445. The van der Waals surface area contributed by atoms with Crippen molar-refractivity contribution in [2.45, 2.75) is 26.3 Å². The number of carbonyl (C=O) groups excluding carboxylic acids is 1. The number of amides is 1. The Bertz CT molecular complexity index is 636. The van der Waals surface area contributed by atoms with Gasteiger partial charge in [0.2, 0.25) is 0 Å². The minimum Gasteiger partial charge on any atom is -0.305 e. The second-order valence-electron chi connectivity index (χ2n) is 4.99. The predicted molar refractivity (Wildman–Crippen MR) is 75.4 cm³/mol. The number of fused-ring (bicyclic) bond motifs is 1. The summed E-state index contributed by atoms with van der Waals surface area (Å²) in [7, 11) is 0. The smallest absolute Gasteiger partial charge is 0.260 e. The van der Waals surface area contributed by atoms with Crippen molar-refractivity contribution in [1.29, 1.82) is 0 Å². The summed E-state index contributed by atoms with van der Waals surface area (Å²) < 4.78 is 0. The number of aryl methyl sites for hydroxylation is 1. The molecule has 1 aromatic heterocycles. The average molecular weight is 252 g/mol. The van der Waals surface area contributed by atoms with Gasteiger partial charge in [-0.25, -0.2) is 0 Å². The van der Waals surface area contributed by atoms with Gasteiger partial charge in [-0.05, 0) is 44.0 Å². The van der Waals surface area contributed by atoms with E-state index in [9.17, 15) is 4.79 Å². The molecule has 0 bridgehead atoms. The van der Waals surface area contributed by atoms with Crippen molar-refractivity contribution in [1.82, 2.24) is 4.98 Å². The predicted octanol–water partition coefficient (Wildman–Crippen LogP) is 2.98.